The van der Waals surface area contributed by atoms with Gasteiger partial charge in [-0.15, -0.1) is 0 Å². The number of anilines is 8. The van der Waals surface area contributed by atoms with Gasteiger partial charge in [0.25, 0.3) is 11.4 Å². The molecule has 4 atom stereocenters. The highest BCUT2D eigenvalue weighted by molar-refractivity contribution is 5.79. The second-order valence-electron chi connectivity index (χ2n) is 29.5. The predicted molar refractivity (Wildman–Crippen MR) is 457 cm³/mol. The van der Waals surface area contributed by atoms with Crippen LogP contribution in [0.5, 0.6) is 23.0 Å². The summed E-state index contributed by atoms with van der Waals surface area (Å²) in [4.78, 5) is 25.1. The molecule has 22 heteroatoms. The van der Waals surface area contributed by atoms with Gasteiger partial charge in [-0.05, 0) is 248 Å². The number of benzene rings is 12. The molecule has 4 unspecified atom stereocenters. The Hall–Kier alpha value is -13.1. The first-order valence-corrected chi connectivity index (χ1v) is 38.6. The average molecular weight is 1560 g/mol. The van der Waals surface area contributed by atoms with Crippen molar-refractivity contribution in [3.63, 3.8) is 0 Å². The molecule has 0 radical (unpaired) electrons. The molecule has 22 nitrogen and oxygen atoms in total. The third-order valence-electron chi connectivity index (χ3n) is 19.9. The monoisotopic (exact) mass is 1560 g/mol. The summed E-state index contributed by atoms with van der Waals surface area (Å²) in [5.74, 6) is 3.23. The number of hydrogen-bond donors (Lipinski definition) is 4. The Morgan fingerprint density at radius 2 is 0.672 bits per heavy atom. The van der Waals surface area contributed by atoms with Crippen molar-refractivity contribution in [3.8, 4) is 23.0 Å². The molecule has 0 aliphatic carbocycles. The van der Waals surface area contributed by atoms with E-state index in [-0.39, 0.29) is 41.0 Å². The molecule has 0 amide bonds. The fourth-order valence-electron chi connectivity index (χ4n) is 12.6. The SMILES string of the molecule is CC(C)(c1ccc(OCC2CO2)cc1)c1ccc(OCC2CO2)cc1.CCCC(O)COc1ccc(C(C)(C)c2ccc(OCC(O)CCc3ccc(N(c4ccc(C)cc4)c4ccc(N=Nc5ccc([N+](=O)[O-])cc5)cc4)cc3)cc2)cc1.Nc1ccc(N(c2ccc(N)cc2)c2ccc(N=Nc3ccc([N+](=O)[O-])cc3)cc2)cc1. The molecule has 12 aromatic carbocycles. The van der Waals surface area contributed by atoms with Gasteiger partial charge in [-0.1, -0.05) is 119 Å². The normalized spacial score (nSPS) is 14.1. The quantitative estimate of drug-likeness (QED) is 0.00977. The zero-order chi connectivity index (χ0) is 81.6. The van der Waals surface area contributed by atoms with Crippen LogP contribution in [0, 0.1) is 27.2 Å². The molecule has 14 rings (SSSR count). The number of azo groups is 2. The molecule has 2 saturated heterocycles. The number of nitrogens with zero attached hydrogens (tertiary/aromatic N) is 8. The van der Waals surface area contributed by atoms with E-state index in [1.54, 1.807) is 24.3 Å². The molecule has 0 bridgehead atoms. The number of nitrogens with two attached hydrogens (primary N) is 2. The smallest absolute Gasteiger partial charge is 0.269 e. The topological polar surface area (TPSA) is 297 Å². The molecule has 2 heterocycles. The van der Waals surface area contributed by atoms with Crippen LogP contribution in [-0.2, 0) is 26.7 Å². The number of nitrogen functional groups attached to an aromatic ring is 2. The summed E-state index contributed by atoms with van der Waals surface area (Å²) in [6, 6.07) is 91.9. The lowest BCUT2D eigenvalue weighted by Crippen LogP contribution is -2.20. The molecule has 12 aromatic rings. The van der Waals surface area contributed by atoms with Crippen molar-refractivity contribution in [2.24, 2.45) is 20.5 Å². The summed E-state index contributed by atoms with van der Waals surface area (Å²) in [7, 11) is 0. The lowest BCUT2D eigenvalue weighted by atomic mass is 9.78. The molecule has 2 aliphatic rings. The van der Waals surface area contributed by atoms with Crippen LogP contribution in [0.25, 0.3) is 0 Å². The Balaban J connectivity index is 0.000000180. The van der Waals surface area contributed by atoms with E-state index in [9.17, 15) is 30.4 Å². The molecule has 594 valence electrons. The van der Waals surface area contributed by atoms with Crippen molar-refractivity contribution in [2.45, 2.75) is 102 Å². The molecule has 2 fully saturated rings. The first-order valence-electron chi connectivity index (χ1n) is 38.6. The lowest BCUT2D eigenvalue weighted by Gasteiger charge is -2.26. The number of rotatable bonds is 33. The van der Waals surface area contributed by atoms with Crippen molar-refractivity contribution in [1.82, 2.24) is 0 Å². The number of nitro benzene ring substituents is 2. The first kappa shape index (κ1) is 82.3. The molecule has 2 aliphatic heterocycles. The zero-order valence-electron chi connectivity index (χ0n) is 65.8. The maximum Gasteiger partial charge on any atom is 0.269 e. The number of aliphatic hydroxyl groups excluding tert-OH is 2. The van der Waals surface area contributed by atoms with Gasteiger partial charge >= 0.3 is 0 Å². The first-order chi connectivity index (χ1) is 56.1. The van der Waals surface area contributed by atoms with Gasteiger partial charge in [-0.3, -0.25) is 20.2 Å². The Kier molecular flexibility index (Phi) is 27.7. The zero-order valence-corrected chi connectivity index (χ0v) is 65.8. The molecule has 0 spiro atoms. The molecule has 0 aromatic heterocycles. The highest BCUT2D eigenvalue weighted by Crippen LogP contribution is 2.41. The van der Waals surface area contributed by atoms with Gasteiger partial charge in [0.15, 0.2) is 0 Å². The maximum atomic E-state index is 11.0. The summed E-state index contributed by atoms with van der Waals surface area (Å²) in [5.41, 5.74) is 28.0. The highest BCUT2D eigenvalue weighted by Gasteiger charge is 2.28. The van der Waals surface area contributed by atoms with E-state index in [1.165, 1.54) is 41.0 Å². The summed E-state index contributed by atoms with van der Waals surface area (Å²) in [5, 5.41) is 59.5. The Morgan fingerprint density at radius 3 is 0.966 bits per heavy atom. The summed E-state index contributed by atoms with van der Waals surface area (Å²) < 4.78 is 33.5. The van der Waals surface area contributed by atoms with E-state index in [4.69, 9.17) is 39.9 Å². The van der Waals surface area contributed by atoms with Crippen LogP contribution < -0.4 is 40.2 Å². The fraction of sp³-hybridized carbons (Fsp3) is 0.234. The van der Waals surface area contributed by atoms with Crippen molar-refractivity contribution in [1.29, 1.82) is 0 Å². The minimum Gasteiger partial charge on any atom is -0.491 e. The fourth-order valence-corrected chi connectivity index (χ4v) is 12.6. The van der Waals surface area contributed by atoms with E-state index >= 15 is 0 Å². The van der Waals surface area contributed by atoms with Crippen molar-refractivity contribution >= 4 is 79.6 Å². The molecule has 0 saturated carbocycles. The molecule has 116 heavy (non-hydrogen) atoms. The lowest BCUT2D eigenvalue weighted by molar-refractivity contribution is -0.385. The third-order valence-corrected chi connectivity index (χ3v) is 19.9. The van der Waals surface area contributed by atoms with Gasteiger partial charge in [0.1, 0.15) is 61.6 Å². The van der Waals surface area contributed by atoms with Crippen molar-refractivity contribution in [2.75, 3.05) is 60.9 Å². The van der Waals surface area contributed by atoms with E-state index in [2.05, 4.69) is 162 Å². The second kappa shape index (κ2) is 39.1. The van der Waals surface area contributed by atoms with Gasteiger partial charge in [0.2, 0.25) is 0 Å². The van der Waals surface area contributed by atoms with Crippen molar-refractivity contribution in [3.05, 3.63) is 345 Å². The molecular weight excluding hydrogens is 1460 g/mol. The van der Waals surface area contributed by atoms with E-state index in [1.807, 2.05) is 153 Å². The maximum absolute atomic E-state index is 11.0. The average Bonchev–Trinajstić information content (AvgIpc) is 1.79. The largest absolute Gasteiger partial charge is 0.491 e. The minimum absolute atomic E-state index is 0.00556. The van der Waals surface area contributed by atoms with E-state index in [0.29, 0.717) is 72.5 Å². The van der Waals surface area contributed by atoms with Crippen molar-refractivity contribution < 1.29 is 48.5 Å². The minimum atomic E-state index is -0.630. The van der Waals surface area contributed by atoms with Gasteiger partial charge in [0.05, 0.1) is 58.0 Å². The number of aliphatic hydroxyl groups is 2. The van der Waals surface area contributed by atoms with Gasteiger partial charge in [-0.25, -0.2) is 0 Å². The standard InChI is InChI=1S/C49H52N4O6.C24H20N6O2.C21H24O4/c1-5-6-45(54)33-58-47-29-12-37(13-30-47)49(3,4)38-14-31-48(32-15-38)59-34-46(55)28-11-36-9-22-42(23-10-36)52(41-20-7-35(2)8-21-41)43-24-16-39(17-25-43)50-51-40-18-26-44(27-19-40)53(56)57;25-17-1-9-21(10-2-17)29(22-11-3-18(26)4-12-22)23-13-5-19(6-14-23)27-28-20-7-15-24(16-8-20)30(31)32;1-21(2,15-3-7-17(8-4-15)22-11-19-13-24-19)16-5-9-18(10-6-16)23-12-20-14-25-20/h7-10,12-27,29-32,45-46,54-55H,5-6,11,28,33-34H2,1-4H3;1-16H,25-26H2;3-10,19-20H,11-14H2,1-2H3. The predicted octanol–water partition coefficient (Wildman–Crippen LogP) is 22.2. The van der Waals surface area contributed by atoms with Crippen LogP contribution in [0.15, 0.2) is 312 Å². The number of ether oxygens (including phenoxy) is 6. The number of aryl methyl sites for hydroxylation is 2. The summed E-state index contributed by atoms with van der Waals surface area (Å²) >= 11 is 0. The number of epoxide rings is 2. The summed E-state index contributed by atoms with van der Waals surface area (Å²) in [6.07, 6.45) is 2.37. The number of hydrogen-bond acceptors (Lipinski definition) is 20. The van der Waals surface area contributed by atoms with Crippen LogP contribution >= 0.6 is 0 Å². The van der Waals surface area contributed by atoms with Gasteiger partial charge in [-0.2, -0.15) is 20.5 Å². The second-order valence-corrected chi connectivity index (χ2v) is 29.5. The van der Waals surface area contributed by atoms with Crippen LogP contribution in [0.4, 0.5) is 79.6 Å². The van der Waals surface area contributed by atoms with E-state index < -0.39 is 22.1 Å². The van der Waals surface area contributed by atoms with Crippen LogP contribution in [-0.4, -0.2) is 84.1 Å². The van der Waals surface area contributed by atoms with Gasteiger partial charge in [0, 0.05) is 80.6 Å². The molecule has 6 N–H and O–H groups in total. The Labute approximate surface area is 676 Å². The summed E-state index contributed by atoms with van der Waals surface area (Å²) in [6.45, 7) is 16.3. The third kappa shape index (κ3) is 23.5. The van der Waals surface area contributed by atoms with Gasteiger partial charge < -0.3 is 59.9 Å². The molecular formula is C94H96N10O12. The van der Waals surface area contributed by atoms with E-state index in [0.717, 1.165) is 94.1 Å². The Morgan fingerprint density at radius 1 is 0.405 bits per heavy atom. The van der Waals surface area contributed by atoms with Crippen LogP contribution in [0.1, 0.15) is 87.3 Å². The van der Waals surface area contributed by atoms with Crippen LogP contribution in [0.2, 0.25) is 0 Å². The van der Waals surface area contributed by atoms with Crippen LogP contribution in [0.3, 0.4) is 0 Å². The number of nitro groups is 2. The highest BCUT2D eigenvalue weighted by atomic mass is 16.6. The number of non-ortho nitro benzene ring substituents is 2. The Bertz CT molecular complexity index is 5070.